The van der Waals surface area contributed by atoms with E-state index in [-0.39, 0.29) is 12.0 Å². The van der Waals surface area contributed by atoms with Crippen LogP contribution in [0.15, 0.2) is 22.9 Å². The number of nitrogens with zero attached hydrogens (tertiary/aromatic N) is 4. The van der Waals surface area contributed by atoms with Crippen LogP contribution < -0.4 is 4.74 Å². The Kier molecular flexibility index (Phi) is 8.70. The first kappa shape index (κ1) is 23.4. The molecule has 9 heteroatoms. The highest BCUT2D eigenvalue weighted by atomic mass is 32.2. The van der Waals surface area contributed by atoms with Crippen LogP contribution in [0.25, 0.3) is 0 Å². The molecule has 0 bridgehead atoms. The monoisotopic (exact) mass is 438 g/mol. The topological polar surface area (TPSA) is 77.4 Å². The Labute approximate surface area is 181 Å². The highest BCUT2D eigenvalue weighted by molar-refractivity contribution is 7.98. The zero-order valence-corrected chi connectivity index (χ0v) is 19.6. The second-order valence-electron chi connectivity index (χ2n) is 7.62. The van der Waals surface area contributed by atoms with Crippen molar-refractivity contribution in [3.63, 3.8) is 0 Å². The van der Waals surface area contributed by atoms with Gasteiger partial charge in [-0.2, -0.15) is 0 Å². The molecular formula is C20H30N4O3S2. The number of rotatable bonds is 9. The van der Waals surface area contributed by atoms with Crippen LogP contribution in [0.2, 0.25) is 0 Å². The van der Waals surface area contributed by atoms with Crippen LogP contribution in [0.1, 0.15) is 57.7 Å². The van der Waals surface area contributed by atoms with E-state index in [1.54, 1.807) is 28.6 Å². The third-order valence-corrected chi connectivity index (χ3v) is 5.73. The summed E-state index contributed by atoms with van der Waals surface area (Å²) in [6, 6.07) is 0. The first-order chi connectivity index (χ1) is 13.7. The summed E-state index contributed by atoms with van der Waals surface area (Å²) >= 11 is 3.11. The van der Waals surface area contributed by atoms with Crippen molar-refractivity contribution in [2.45, 2.75) is 64.3 Å². The van der Waals surface area contributed by atoms with Gasteiger partial charge in [0.15, 0.2) is 10.9 Å². The van der Waals surface area contributed by atoms with Crippen LogP contribution in [0, 0.1) is 0 Å². The van der Waals surface area contributed by atoms with Gasteiger partial charge >= 0.3 is 6.09 Å². The third-order valence-electron chi connectivity index (χ3n) is 4.03. The largest absolute Gasteiger partial charge is 0.484 e. The van der Waals surface area contributed by atoms with Crippen LogP contribution in [0.4, 0.5) is 4.79 Å². The molecule has 0 fully saturated rings. The van der Waals surface area contributed by atoms with Crippen molar-refractivity contribution in [1.82, 2.24) is 19.9 Å². The highest BCUT2D eigenvalue weighted by Crippen LogP contribution is 2.24. The molecule has 2 aromatic heterocycles. The maximum absolute atomic E-state index is 12.3. The zero-order valence-electron chi connectivity index (χ0n) is 18.0. The smallest absolute Gasteiger partial charge is 0.410 e. The molecule has 1 atom stereocenters. The van der Waals surface area contributed by atoms with Gasteiger partial charge in [-0.1, -0.05) is 18.7 Å². The molecule has 1 unspecified atom stereocenters. The van der Waals surface area contributed by atoms with Gasteiger partial charge in [0.1, 0.15) is 12.2 Å². The van der Waals surface area contributed by atoms with Gasteiger partial charge in [0.2, 0.25) is 0 Å². The molecule has 0 aliphatic carbocycles. The zero-order chi connectivity index (χ0) is 21.4. The molecule has 2 heterocycles. The molecule has 29 heavy (non-hydrogen) atoms. The second-order valence-corrected chi connectivity index (χ2v) is 9.28. The minimum absolute atomic E-state index is 0.245. The lowest BCUT2D eigenvalue weighted by Gasteiger charge is -2.27. The van der Waals surface area contributed by atoms with Gasteiger partial charge in [0.25, 0.3) is 0 Å². The van der Waals surface area contributed by atoms with Crippen LogP contribution >= 0.6 is 23.1 Å². The molecule has 160 valence electrons. The van der Waals surface area contributed by atoms with Gasteiger partial charge in [-0.25, -0.2) is 19.7 Å². The molecule has 0 aromatic carbocycles. The summed E-state index contributed by atoms with van der Waals surface area (Å²) in [5.41, 5.74) is 0.395. The molecule has 1 amide bonds. The van der Waals surface area contributed by atoms with Crippen molar-refractivity contribution in [3.8, 4) is 5.75 Å². The standard InChI is InChI=1S/C20H30N4O3S2/c1-7-24(19(25)27-20(3,4)5)9-8-14(2)17-23-15(13-29-17)12-26-16-10-21-18(28-6)22-11-16/h10-11,13-14H,7-9,12H2,1-6H3. The number of thiazole rings is 1. The van der Waals surface area contributed by atoms with E-state index in [9.17, 15) is 4.79 Å². The van der Waals surface area contributed by atoms with Crippen molar-refractivity contribution < 1.29 is 14.3 Å². The SMILES string of the molecule is CCN(CCC(C)c1nc(COc2cnc(SC)nc2)cs1)C(=O)OC(C)(C)C. The number of hydrogen-bond donors (Lipinski definition) is 0. The lowest BCUT2D eigenvalue weighted by molar-refractivity contribution is 0.0256. The number of carbonyl (C=O) groups is 1. The minimum atomic E-state index is -0.485. The fourth-order valence-electron chi connectivity index (χ4n) is 2.43. The van der Waals surface area contributed by atoms with Crippen LogP contribution in [-0.4, -0.2) is 50.9 Å². The van der Waals surface area contributed by atoms with Gasteiger partial charge in [-0.3, -0.25) is 0 Å². The summed E-state index contributed by atoms with van der Waals surface area (Å²) in [6.07, 6.45) is 5.83. The number of thioether (sulfide) groups is 1. The molecule has 0 saturated heterocycles. The number of amides is 1. The van der Waals surface area contributed by atoms with E-state index < -0.39 is 5.60 Å². The van der Waals surface area contributed by atoms with Crippen molar-refractivity contribution >= 4 is 29.2 Å². The molecule has 0 N–H and O–H groups in total. The second kappa shape index (κ2) is 10.8. The molecule has 2 rings (SSSR count). The average Bonchev–Trinajstić information content (AvgIpc) is 3.15. The molecule has 0 aliphatic heterocycles. The molecular weight excluding hydrogens is 408 g/mol. The summed E-state index contributed by atoms with van der Waals surface area (Å²) in [7, 11) is 0. The molecule has 0 spiro atoms. The van der Waals surface area contributed by atoms with Gasteiger partial charge in [0, 0.05) is 24.4 Å². The Morgan fingerprint density at radius 3 is 2.59 bits per heavy atom. The summed E-state index contributed by atoms with van der Waals surface area (Å²) in [6.45, 7) is 11.4. The Bertz CT molecular complexity index is 775. The molecule has 0 radical (unpaired) electrons. The van der Waals surface area contributed by atoms with Crippen LogP contribution in [0.5, 0.6) is 5.75 Å². The van der Waals surface area contributed by atoms with Crippen molar-refractivity contribution in [2.75, 3.05) is 19.3 Å². The molecule has 0 aliphatic rings. The minimum Gasteiger partial charge on any atom is -0.484 e. The summed E-state index contributed by atoms with van der Waals surface area (Å²) in [5.74, 6) is 0.871. The van der Waals surface area contributed by atoms with Crippen LogP contribution in [0.3, 0.4) is 0 Å². The summed E-state index contributed by atoms with van der Waals surface area (Å²) < 4.78 is 11.2. The van der Waals surface area contributed by atoms with E-state index in [2.05, 4.69) is 21.9 Å². The number of aromatic nitrogens is 3. The predicted octanol–water partition coefficient (Wildman–Crippen LogP) is 4.98. The van der Waals surface area contributed by atoms with Gasteiger partial charge < -0.3 is 14.4 Å². The number of carbonyl (C=O) groups excluding carboxylic acids is 1. The normalized spacial score (nSPS) is 12.5. The third kappa shape index (κ3) is 7.81. The first-order valence-electron chi connectivity index (χ1n) is 9.63. The Morgan fingerprint density at radius 2 is 2.00 bits per heavy atom. The Balaban J connectivity index is 1.84. The maximum Gasteiger partial charge on any atom is 0.410 e. The Morgan fingerprint density at radius 1 is 1.31 bits per heavy atom. The van der Waals surface area contributed by atoms with E-state index in [1.165, 1.54) is 11.8 Å². The maximum atomic E-state index is 12.3. The summed E-state index contributed by atoms with van der Waals surface area (Å²) in [5, 5.41) is 3.77. The fraction of sp³-hybridized carbons (Fsp3) is 0.600. The van der Waals surface area contributed by atoms with E-state index in [0.717, 1.165) is 22.3 Å². The lowest BCUT2D eigenvalue weighted by Crippen LogP contribution is -2.37. The fourth-order valence-corrected chi connectivity index (χ4v) is 3.65. The van der Waals surface area contributed by atoms with Gasteiger partial charge in [-0.05, 0) is 40.4 Å². The molecule has 7 nitrogen and oxygen atoms in total. The Hall–Kier alpha value is -1.87. The first-order valence-corrected chi connectivity index (χ1v) is 11.7. The predicted molar refractivity (Wildman–Crippen MR) is 117 cm³/mol. The number of hydrogen-bond acceptors (Lipinski definition) is 8. The number of ether oxygens (including phenoxy) is 2. The molecule has 2 aromatic rings. The molecule has 0 saturated carbocycles. The quantitative estimate of drug-likeness (QED) is 0.403. The average molecular weight is 439 g/mol. The lowest BCUT2D eigenvalue weighted by atomic mass is 10.1. The van der Waals surface area contributed by atoms with Crippen LogP contribution in [-0.2, 0) is 11.3 Å². The van der Waals surface area contributed by atoms with E-state index >= 15 is 0 Å². The van der Waals surface area contributed by atoms with E-state index in [0.29, 0.717) is 25.4 Å². The van der Waals surface area contributed by atoms with Gasteiger partial charge in [-0.15, -0.1) is 11.3 Å². The summed E-state index contributed by atoms with van der Waals surface area (Å²) in [4.78, 5) is 27.1. The van der Waals surface area contributed by atoms with Crippen molar-refractivity contribution in [1.29, 1.82) is 0 Å². The van der Waals surface area contributed by atoms with E-state index in [1.807, 2.05) is 39.3 Å². The van der Waals surface area contributed by atoms with Gasteiger partial charge in [0.05, 0.1) is 23.1 Å². The van der Waals surface area contributed by atoms with Crippen molar-refractivity contribution in [2.24, 2.45) is 0 Å². The van der Waals surface area contributed by atoms with Crippen molar-refractivity contribution in [3.05, 3.63) is 28.5 Å². The highest BCUT2D eigenvalue weighted by Gasteiger charge is 2.22. The van der Waals surface area contributed by atoms with E-state index in [4.69, 9.17) is 9.47 Å².